The summed E-state index contributed by atoms with van der Waals surface area (Å²) in [4.78, 5) is 30.1. The number of hydrogen-bond donors (Lipinski definition) is 1. The summed E-state index contributed by atoms with van der Waals surface area (Å²) in [6.07, 6.45) is 6.73. The van der Waals surface area contributed by atoms with Crippen molar-refractivity contribution in [2.24, 2.45) is 0 Å². The first kappa shape index (κ1) is 29.1. The van der Waals surface area contributed by atoms with Gasteiger partial charge >= 0.3 is 5.97 Å². The highest BCUT2D eigenvalue weighted by Gasteiger charge is 2.24. The molecule has 8 heteroatoms. The third-order valence-electron chi connectivity index (χ3n) is 6.98. The third kappa shape index (κ3) is 7.39. The fourth-order valence-electron chi connectivity index (χ4n) is 4.76. The number of nitrogens with one attached hydrogen (secondary N) is 1. The average molecular weight is 560 g/mol. The quantitative estimate of drug-likeness (QED) is 0.214. The molecule has 2 atom stereocenters. The molecule has 0 aliphatic carbocycles. The maximum Gasteiger partial charge on any atom is 0.328 e. The van der Waals surface area contributed by atoms with E-state index in [0.29, 0.717) is 30.7 Å². The van der Waals surface area contributed by atoms with E-state index < -0.39 is 12.0 Å². The summed E-state index contributed by atoms with van der Waals surface area (Å²) in [6, 6.07) is 21.4. The Bertz CT molecular complexity index is 1420. The van der Waals surface area contributed by atoms with Crippen molar-refractivity contribution in [1.82, 2.24) is 14.9 Å². The molecule has 1 unspecified atom stereocenters. The normalized spacial score (nSPS) is 12.5. The van der Waals surface area contributed by atoms with Gasteiger partial charge in [-0.15, -0.1) is 0 Å². The minimum Gasteiger partial charge on any atom is -0.467 e. The molecule has 1 aromatic heterocycles. The van der Waals surface area contributed by atoms with Gasteiger partial charge in [0.2, 0.25) is 0 Å². The molecule has 4 aromatic rings. The van der Waals surface area contributed by atoms with Gasteiger partial charge in [0.05, 0.1) is 13.4 Å². The van der Waals surface area contributed by atoms with Gasteiger partial charge in [-0.1, -0.05) is 54.6 Å². The van der Waals surface area contributed by atoms with E-state index in [1.165, 1.54) is 19.2 Å². The van der Waals surface area contributed by atoms with Crippen LogP contribution in [0.25, 0.3) is 11.1 Å². The number of esters is 1. The van der Waals surface area contributed by atoms with Gasteiger partial charge in [0, 0.05) is 29.9 Å². The minimum atomic E-state index is -0.727. The second kappa shape index (κ2) is 13.9. The number of imidazole rings is 1. The fraction of sp³-hybridized carbons (Fsp3) is 0.281. The summed E-state index contributed by atoms with van der Waals surface area (Å²) in [6.45, 7) is 2.69. The van der Waals surface area contributed by atoms with Crippen LogP contribution >= 0.6 is 11.8 Å². The molecule has 1 N–H and O–H groups in total. The Morgan fingerprint density at radius 1 is 1.07 bits per heavy atom. The molecule has 208 valence electrons. The van der Waals surface area contributed by atoms with E-state index in [2.05, 4.69) is 14.9 Å². The van der Waals surface area contributed by atoms with Gasteiger partial charge in [-0.3, -0.25) is 4.79 Å². The zero-order valence-corrected chi connectivity index (χ0v) is 23.8. The van der Waals surface area contributed by atoms with E-state index in [4.69, 9.17) is 4.74 Å². The van der Waals surface area contributed by atoms with Crippen LogP contribution in [0, 0.1) is 12.7 Å². The molecule has 0 spiro atoms. The average Bonchev–Trinajstić information content (AvgIpc) is 3.39. The Balaban J connectivity index is 1.68. The lowest BCUT2D eigenvalue weighted by atomic mass is 9.89. The predicted molar refractivity (Wildman–Crippen MR) is 158 cm³/mol. The first-order chi connectivity index (χ1) is 19.4. The first-order valence-electron chi connectivity index (χ1n) is 13.2. The van der Waals surface area contributed by atoms with Crippen molar-refractivity contribution in [2.75, 3.05) is 19.1 Å². The molecular formula is C32H34FN3O3S. The SMILES string of the molecule is COC(=O)[C@H](CCSC)NC(=O)c1ccc(CC(Cn2cncc2C)c2ccc(F)cc2)cc1-c1ccccc1. The Hall–Kier alpha value is -3.91. The Kier molecular flexibility index (Phi) is 10.1. The van der Waals surface area contributed by atoms with Crippen LogP contribution in [0.4, 0.5) is 4.39 Å². The molecule has 1 heterocycles. The van der Waals surface area contributed by atoms with E-state index in [1.807, 2.05) is 86.4 Å². The lowest BCUT2D eigenvalue weighted by molar-refractivity contribution is -0.142. The van der Waals surface area contributed by atoms with Gasteiger partial charge in [-0.2, -0.15) is 11.8 Å². The summed E-state index contributed by atoms with van der Waals surface area (Å²) < 4.78 is 20.8. The number of carbonyl (C=O) groups excluding carboxylic acids is 2. The molecule has 0 aliphatic rings. The standard InChI is InChI=1S/C32H34FN3O3S/c1-22-19-34-21-36(22)20-26(24-10-12-27(33)13-11-24)17-23-9-14-28(29(18-23)25-7-5-4-6-8-25)31(37)35-30(15-16-40-3)32(38)39-2/h4-14,18-19,21,26,30H,15-17,20H2,1-3H3,(H,35,37)/t26?,30-/m0/s1. The smallest absolute Gasteiger partial charge is 0.328 e. The summed E-state index contributed by atoms with van der Waals surface area (Å²) in [5.74, 6) is -0.299. The lowest BCUT2D eigenvalue weighted by Gasteiger charge is -2.21. The van der Waals surface area contributed by atoms with Crippen LogP contribution in [0.3, 0.4) is 0 Å². The van der Waals surface area contributed by atoms with Gasteiger partial charge < -0.3 is 14.6 Å². The summed E-state index contributed by atoms with van der Waals surface area (Å²) in [5.41, 5.74) is 5.27. The van der Waals surface area contributed by atoms with Crippen molar-refractivity contribution in [3.63, 3.8) is 0 Å². The molecule has 4 rings (SSSR count). The monoisotopic (exact) mass is 559 g/mol. The maximum atomic E-state index is 13.7. The van der Waals surface area contributed by atoms with Crippen molar-refractivity contribution >= 4 is 23.6 Å². The number of hydrogen-bond acceptors (Lipinski definition) is 5. The molecular weight excluding hydrogens is 525 g/mol. The van der Waals surface area contributed by atoms with Crippen molar-refractivity contribution in [2.45, 2.75) is 38.3 Å². The number of carbonyl (C=O) groups is 2. The van der Waals surface area contributed by atoms with Gasteiger partial charge in [-0.25, -0.2) is 14.2 Å². The summed E-state index contributed by atoms with van der Waals surface area (Å²) in [5, 5.41) is 2.88. The zero-order valence-electron chi connectivity index (χ0n) is 23.0. The number of benzene rings is 3. The number of aromatic nitrogens is 2. The molecule has 1 amide bonds. The number of thioether (sulfide) groups is 1. The lowest BCUT2D eigenvalue weighted by Crippen LogP contribution is -2.42. The van der Waals surface area contributed by atoms with Crippen LogP contribution in [0.2, 0.25) is 0 Å². The largest absolute Gasteiger partial charge is 0.467 e. The number of halogens is 1. The number of ether oxygens (including phenoxy) is 1. The maximum absolute atomic E-state index is 13.7. The van der Waals surface area contributed by atoms with E-state index in [9.17, 15) is 14.0 Å². The number of methoxy groups -OCH3 is 1. The molecule has 0 bridgehead atoms. The minimum absolute atomic E-state index is 0.0482. The zero-order chi connectivity index (χ0) is 28.5. The first-order valence-corrected chi connectivity index (χ1v) is 14.6. The summed E-state index contributed by atoms with van der Waals surface area (Å²) >= 11 is 1.60. The highest BCUT2D eigenvalue weighted by Crippen LogP contribution is 2.30. The topological polar surface area (TPSA) is 73.2 Å². The molecule has 0 saturated heterocycles. The van der Waals surface area contributed by atoms with Crippen LogP contribution in [0.15, 0.2) is 85.3 Å². The highest BCUT2D eigenvalue weighted by molar-refractivity contribution is 7.98. The molecule has 0 fully saturated rings. The second-order valence-electron chi connectivity index (χ2n) is 9.72. The number of amides is 1. The van der Waals surface area contributed by atoms with Crippen LogP contribution in [0.1, 0.15) is 39.5 Å². The molecule has 6 nitrogen and oxygen atoms in total. The summed E-state index contributed by atoms with van der Waals surface area (Å²) in [7, 11) is 1.33. The Morgan fingerprint density at radius 3 is 2.48 bits per heavy atom. The van der Waals surface area contributed by atoms with Crippen LogP contribution in [0.5, 0.6) is 0 Å². The van der Waals surface area contributed by atoms with Crippen LogP contribution in [-0.2, 0) is 22.5 Å². The van der Waals surface area contributed by atoms with Gasteiger partial charge in [-0.05, 0) is 72.2 Å². The number of rotatable bonds is 12. The van der Waals surface area contributed by atoms with Gasteiger partial charge in [0.1, 0.15) is 11.9 Å². The molecule has 40 heavy (non-hydrogen) atoms. The van der Waals surface area contributed by atoms with Crippen molar-refractivity contribution in [1.29, 1.82) is 0 Å². The second-order valence-corrected chi connectivity index (χ2v) is 10.7. The van der Waals surface area contributed by atoms with Crippen molar-refractivity contribution in [3.05, 3.63) is 114 Å². The Morgan fingerprint density at radius 2 is 1.82 bits per heavy atom. The van der Waals surface area contributed by atoms with Gasteiger partial charge in [0.15, 0.2) is 0 Å². The number of aryl methyl sites for hydroxylation is 1. The third-order valence-corrected chi connectivity index (χ3v) is 7.62. The number of nitrogens with zero attached hydrogens (tertiary/aromatic N) is 2. The molecule has 0 saturated carbocycles. The van der Waals surface area contributed by atoms with E-state index >= 15 is 0 Å². The van der Waals surface area contributed by atoms with Gasteiger partial charge in [0.25, 0.3) is 5.91 Å². The molecule has 3 aromatic carbocycles. The van der Waals surface area contributed by atoms with E-state index in [0.717, 1.165) is 27.9 Å². The van der Waals surface area contributed by atoms with E-state index in [-0.39, 0.29) is 17.6 Å². The fourth-order valence-corrected chi connectivity index (χ4v) is 5.23. The molecule has 0 aliphatic heterocycles. The highest BCUT2D eigenvalue weighted by atomic mass is 32.2. The van der Waals surface area contributed by atoms with Crippen molar-refractivity contribution in [3.8, 4) is 11.1 Å². The Labute approximate surface area is 239 Å². The van der Waals surface area contributed by atoms with E-state index in [1.54, 1.807) is 11.8 Å². The van der Waals surface area contributed by atoms with Crippen LogP contribution in [-0.4, -0.2) is 46.6 Å². The van der Waals surface area contributed by atoms with Crippen LogP contribution < -0.4 is 5.32 Å². The molecule has 0 radical (unpaired) electrons. The predicted octanol–water partition coefficient (Wildman–Crippen LogP) is 6.05. The van der Waals surface area contributed by atoms with Crippen molar-refractivity contribution < 1.29 is 18.7 Å².